The molecule has 2 amide bonds. The van der Waals surface area contributed by atoms with Crippen molar-refractivity contribution >= 4 is 12.0 Å². The van der Waals surface area contributed by atoms with E-state index < -0.39 is 5.97 Å². The highest BCUT2D eigenvalue weighted by molar-refractivity contribution is 5.73. The van der Waals surface area contributed by atoms with Gasteiger partial charge < -0.3 is 15.7 Å². The molecule has 2 aliphatic carbocycles. The quantitative estimate of drug-likeness (QED) is 0.705. The average molecular weight is 296 g/mol. The van der Waals surface area contributed by atoms with Crippen LogP contribution in [0.5, 0.6) is 0 Å². The van der Waals surface area contributed by atoms with E-state index >= 15 is 0 Å². The number of carboxylic acid groups (broad SMARTS) is 1. The molecule has 2 fully saturated rings. The molecule has 2 saturated carbocycles. The average Bonchev–Trinajstić information content (AvgIpc) is 2.99. The van der Waals surface area contributed by atoms with Crippen LogP contribution in [0.1, 0.15) is 57.8 Å². The van der Waals surface area contributed by atoms with Crippen LogP contribution in [0.15, 0.2) is 0 Å². The Morgan fingerprint density at radius 1 is 0.905 bits per heavy atom. The second-order valence-electron chi connectivity index (χ2n) is 6.63. The van der Waals surface area contributed by atoms with Gasteiger partial charge in [-0.25, -0.2) is 4.79 Å². The number of carboxylic acids is 1. The van der Waals surface area contributed by atoms with E-state index in [2.05, 4.69) is 10.6 Å². The summed E-state index contributed by atoms with van der Waals surface area (Å²) in [5.74, 6) is 0.380. The summed E-state index contributed by atoms with van der Waals surface area (Å²) in [6.07, 6.45) is 9.70. The molecular weight excluding hydrogens is 268 g/mol. The molecule has 2 aliphatic rings. The smallest absolute Gasteiger partial charge is 0.314 e. The highest BCUT2D eigenvalue weighted by Gasteiger charge is 2.25. The molecule has 3 N–H and O–H groups in total. The lowest BCUT2D eigenvalue weighted by Crippen LogP contribution is -2.39. The lowest BCUT2D eigenvalue weighted by atomic mass is 9.82. The van der Waals surface area contributed by atoms with Gasteiger partial charge in [0.1, 0.15) is 0 Å². The lowest BCUT2D eigenvalue weighted by molar-refractivity contribution is -0.143. The van der Waals surface area contributed by atoms with Gasteiger partial charge in [0.25, 0.3) is 0 Å². The number of urea groups is 1. The van der Waals surface area contributed by atoms with Crippen LogP contribution in [0.3, 0.4) is 0 Å². The first-order valence-corrected chi connectivity index (χ1v) is 8.39. The largest absolute Gasteiger partial charge is 0.481 e. The van der Waals surface area contributed by atoms with Gasteiger partial charge in [-0.2, -0.15) is 0 Å². The first-order chi connectivity index (χ1) is 10.1. The highest BCUT2D eigenvalue weighted by Crippen LogP contribution is 2.28. The number of hydrogen-bond donors (Lipinski definition) is 3. The molecule has 0 heterocycles. The van der Waals surface area contributed by atoms with Crippen molar-refractivity contribution in [2.24, 2.45) is 17.8 Å². The maximum absolute atomic E-state index is 11.7. The third-order valence-electron chi connectivity index (χ3n) is 5.06. The van der Waals surface area contributed by atoms with Gasteiger partial charge >= 0.3 is 12.0 Å². The zero-order valence-corrected chi connectivity index (χ0v) is 12.8. The zero-order chi connectivity index (χ0) is 15.1. The fourth-order valence-corrected chi connectivity index (χ4v) is 3.60. The summed E-state index contributed by atoms with van der Waals surface area (Å²) in [6.45, 7) is 1.43. The molecule has 0 unspecified atom stereocenters. The molecule has 21 heavy (non-hydrogen) atoms. The monoisotopic (exact) mass is 296 g/mol. The number of hydrogen-bond acceptors (Lipinski definition) is 2. The summed E-state index contributed by atoms with van der Waals surface area (Å²) in [6, 6.07) is -0.0756. The van der Waals surface area contributed by atoms with E-state index in [4.69, 9.17) is 5.11 Å². The van der Waals surface area contributed by atoms with E-state index in [9.17, 15) is 9.59 Å². The molecule has 0 radical (unpaired) electrons. The van der Waals surface area contributed by atoms with E-state index in [1.54, 1.807) is 0 Å². The summed E-state index contributed by atoms with van der Waals surface area (Å²) in [5.41, 5.74) is 0. The van der Waals surface area contributed by atoms with Crippen LogP contribution in [-0.2, 0) is 4.79 Å². The molecule has 120 valence electrons. The fraction of sp³-hybridized carbons (Fsp3) is 0.875. The Balaban J connectivity index is 1.52. The van der Waals surface area contributed by atoms with Gasteiger partial charge in [0.15, 0.2) is 0 Å². The van der Waals surface area contributed by atoms with Gasteiger partial charge in [-0.05, 0) is 43.9 Å². The second-order valence-corrected chi connectivity index (χ2v) is 6.63. The number of nitrogens with one attached hydrogen (secondary N) is 2. The van der Waals surface area contributed by atoms with Crippen LogP contribution in [0.2, 0.25) is 0 Å². The predicted molar refractivity (Wildman–Crippen MR) is 81.1 cm³/mol. The topological polar surface area (TPSA) is 78.4 Å². The minimum atomic E-state index is -0.675. The van der Waals surface area contributed by atoms with Gasteiger partial charge in [-0.3, -0.25) is 4.79 Å². The Labute approximate surface area is 126 Å². The van der Waals surface area contributed by atoms with Crippen molar-refractivity contribution in [2.75, 3.05) is 13.1 Å². The molecule has 0 saturated heterocycles. The SMILES string of the molecule is O=C(NCCC1CCCC1)NCC1CCC(C(=O)O)CC1. The Kier molecular flexibility index (Phi) is 6.33. The Bertz CT molecular complexity index is 345. The summed E-state index contributed by atoms with van der Waals surface area (Å²) < 4.78 is 0. The van der Waals surface area contributed by atoms with Crippen LogP contribution < -0.4 is 10.6 Å². The Morgan fingerprint density at radius 2 is 1.57 bits per heavy atom. The maximum atomic E-state index is 11.7. The summed E-state index contributed by atoms with van der Waals surface area (Å²) in [5, 5.41) is 14.8. The van der Waals surface area contributed by atoms with E-state index in [0.717, 1.165) is 44.6 Å². The van der Waals surface area contributed by atoms with Crippen LogP contribution in [0, 0.1) is 17.8 Å². The van der Waals surface area contributed by atoms with Crippen molar-refractivity contribution in [2.45, 2.75) is 57.8 Å². The Hall–Kier alpha value is -1.26. The fourth-order valence-electron chi connectivity index (χ4n) is 3.60. The standard InChI is InChI=1S/C16H28N2O3/c19-15(20)14-7-5-13(6-8-14)11-18-16(21)17-10-9-12-3-1-2-4-12/h12-14H,1-11H2,(H,19,20)(H2,17,18,21). The predicted octanol–water partition coefficient (Wildman–Crippen LogP) is 2.76. The molecule has 2 rings (SSSR count). The first-order valence-electron chi connectivity index (χ1n) is 8.39. The normalized spacial score (nSPS) is 26.5. The van der Waals surface area contributed by atoms with E-state index in [-0.39, 0.29) is 11.9 Å². The molecule has 0 atom stereocenters. The maximum Gasteiger partial charge on any atom is 0.314 e. The van der Waals surface area contributed by atoms with Crippen LogP contribution in [0.25, 0.3) is 0 Å². The molecule has 5 nitrogen and oxygen atoms in total. The minimum absolute atomic E-state index is 0.0756. The van der Waals surface area contributed by atoms with Gasteiger partial charge in [0, 0.05) is 13.1 Å². The zero-order valence-electron chi connectivity index (χ0n) is 12.8. The van der Waals surface area contributed by atoms with E-state index in [0.29, 0.717) is 12.5 Å². The van der Waals surface area contributed by atoms with Gasteiger partial charge in [-0.15, -0.1) is 0 Å². The molecule has 0 bridgehead atoms. The number of amides is 2. The van der Waals surface area contributed by atoms with Crippen LogP contribution in [0.4, 0.5) is 4.79 Å². The van der Waals surface area contributed by atoms with Gasteiger partial charge in [0.2, 0.25) is 0 Å². The van der Waals surface area contributed by atoms with Crippen molar-refractivity contribution in [1.82, 2.24) is 10.6 Å². The lowest BCUT2D eigenvalue weighted by Gasteiger charge is -2.26. The third-order valence-corrected chi connectivity index (χ3v) is 5.06. The van der Waals surface area contributed by atoms with E-state index in [1.165, 1.54) is 25.7 Å². The number of aliphatic carboxylic acids is 1. The second kappa shape index (κ2) is 8.25. The summed E-state index contributed by atoms with van der Waals surface area (Å²) in [4.78, 5) is 22.6. The van der Waals surface area contributed by atoms with E-state index in [1.807, 2.05) is 0 Å². The molecule has 5 heteroatoms. The number of carbonyl (C=O) groups is 2. The first kappa shape index (κ1) is 16.1. The van der Waals surface area contributed by atoms with Crippen LogP contribution in [-0.4, -0.2) is 30.2 Å². The molecule has 0 aromatic rings. The molecular formula is C16H28N2O3. The molecule has 0 aromatic carbocycles. The van der Waals surface area contributed by atoms with Crippen molar-refractivity contribution in [3.05, 3.63) is 0 Å². The third kappa shape index (κ3) is 5.56. The molecule has 0 aliphatic heterocycles. The van der Waals surface area contributed by atoms with Gasteiger partial charge in [0.05, 0.1) is 5.92 Å². The van der Waals surface area contributed by atoms with Crippen molar-refractivity contribution in [3.8, 4) is 0 Å². The van der Waals surface area contributed by atoms with Crippen molar-refractivity contribution in [1.29, 1.82) is 0 Å². The molecule has 0 aromatic heterocycles. The highest BCUT2D eigenvalue weighted by atomic mass is 16.4. The Morgan fingerprint density at radius 3 is 2.19 bits per heavy atom. The summed E-state index contributed by atoms with van der Waals surface area (Å²) >= 11 is 0. The van der Waals surface area contributed by atoms with Crippen molar-refractivity contribution in [3.63, 3.8) is 0 Å². The number of carbonyl (C=O) groups excluding carboxylic acids is 1. The van der Waals surface area contributed by atoms with Crippen LogP contribution >= 0.6 is 0 Å². The molecule has 0 spiro atoms. The minimum Gasteiger partial charge on any atom is -0.481 e. The van der Waals surface area contributed by atoms with Gasteiger partial charge in [-0.1, -0.05) is 25.7 Å². The number of rotatable bonds is 6. The summed E-state index contributed by atoms with van der Waals surface area (Å²) in [7, 11) is 0. The van der Waals surface area contributed by atoms with Crippen molar-refractivity contribution < 1.29 is 14.7 Å².